The zero-order valence-electron chi connectivity index (χ0n) is 21.0. The molecule has 3 amide bonds. The third kappa shape index (κ3) is 5.98. The first kappa shape index (κ1) is 30.2. The van der Waals surface area contributed by atoms with E-state index in [0.717, 1.165) is 17.9 Å². The highest BCUT2D eigenvalue weighted by atomic mass is 35.5. The van der Waals surface area contributed by atoms with E-state index in [-0.39, 0.29) is 64.7 Å². The Morgan fingerprint density at radius 3 is 2.48 bits per heavy atom. The largest absolute Gasteiger partial charge is 0.593 e. The number of rotatable bonds is 3. The lowest BCUT2D eigenvalue weighted by Crippen LogP contribution is -2.60. The molecule has 2 atom stereocenters. The Hall–Kier alpha value is -2.72. The molecule has 40 heavy (non-hydrogen) atoms. The number of alkyl halides is 3. The number of ether oxygens (including phenoxy) is 1. The lowest BCUT2D eigenvalue weighted by Gasteiger charge is -2.39. The zero-order valence-corrected chi connectivity index (χ0v) is 23.3. The smallest absolute Gasteiger partial charge is 0.408 e. The predicted octanol–water partition coefficient (Wildman–Crippen LogP) is 3.16. The van der Waals surface area contributed by atoms with E-state index in [4.69, 9.17) is 27.9 Å². The number of fused-ring (bicyclic) bond motifs is 1. The van der Waals surface area contributed by atoms with Gasteiger partial charge in [0.15, 0.2) is 10.8 Å². The van der Waals surface area contributed by atoms with Gasteiger partial charge in [0.05, 0.1) is 16.4 Å². The molecule has 3 N–H and O–H groups in total. The Balaban J connectivity index is 1.47. The molecule has 0 saturated carbocycles. The Morgan fingerprint density at radius 1 is 1.23 bits per heavy atom. The number of nitrogens with zero attached hydrogens (tertiary/aromatic N) is 2. The minimum Gasteiger partial charge on any atom is -0.593 e. The van der Waals surface area contributed by atoms with E-state index in [2.05, 4.69) is 10.0 Å². The number of hydrogen-bond donors (Lipinski definition) is 3. The number of aromatic nitrogens is 1. The van der Waals surface area contributed by atoms with Crippen molar-refractivity contribution < 1.29 is 41.2 Å². The molecule has 1 aromatic heterocycles. The van der Waals surface area contributed by atoms with Crippen LogP contribution in [0.1, 0.15) is 30.3 Å². The SMILES string of the molecule is CC(NC(=O)C(=O)N1CCC2(CC1)COc1c(c(Cl)n(C)c1C(=O)Nc1ccc(F)c(Cl)c1)[S+]([O-])N2)C(F)(F)F. The second-order valence-electron chi connectivity index (χ2n) is 9.41. The van der Waals surface area contributed by atoms with Crippen molar-refractivity contribution in [1.29, 1.82) is 0 Å². The maximum atomic E-state index is 13.5. The molecule has 0 radical (unpaired) electrons. The summed E-state index contributed by atoms with van der Waals surface area (Å²) in [5.74, 6) is -3.91. The molecule has 1 spiro atoms. The molecule has 2 unspecified atom stereocenters. The molecule has 218 valence electrons. The highest BCUT2D eigenvalue weighted by molar-refractivity contribution is 7.89. The van der Waals surface area contributed by atoms with E-state index in [1.54, 1.807) is 5.32 Å². The summed E-state index contributed by atoms with van der Waals surface area (Å²) in [5, 5.41) is 3.96. The highest BCUT2D eigenvalue weighted by Crippen LogP contribution is 2.42. The Labute approximate surface area is 238 Å². The molecule has 0 bridgehead atoms. The van der Waals surface area contributed by atoms with Crippen molar-refractivity contribution in [2.75, 3.05) is 25.0 Å². The number of anilines is 1. The van der Waals surface area contributed by atoms with E-state index in [1.807, 2.05) is 0 Å². The van der Waals surface area contributed by atoms with Crippen molar-refractivity contribution in [3.8, 4) is 5.75 Å². The van der Waals surface area contributed by atoms with Crippen LogP contribution in [0.25, 0.3) is 0 Å². The van der Waals surface area contributed by atoms with Crippen LogP contribution in [-0.2, 0) is 28.0 Å². The molecule has 4 rings (SSSR count). The van der Waals surface area contributed by atoms with Gasteiger partial charge in [-0.2, -0.15) is 13.2 Å². The van der Waals surface area contributed by atoms with Gasteiger partial charge in [-0.25, -0.2) is 4.39 Å². The second kappa shape index (κ2) is 11.3. The van der Waals surface area contributed by atoms with Gasteiger partial charge in [0.2, 0.25) is 5.75 Å². The first-order chi connectivity index (χ1) is 18.6. The Morgan fingerprint density at radius 2 is 1.88 bits per heavy atom. The normalized spacial score (nSPS) is 19.3. The lowest BCUT2D eigenvalue weighted by molar-refractivity contribution is -0.162. The molecule has 1 saturated heterocycles. The van der Waals surface area contributed by atoms with Crippen molar-refractivity contribution in [1.82, 2.24) is 19.5 Å². The van der Waals surface area contributed by atoms with Crippen molar-refractivity contribution in [2.24, 2.45) is 7.05 Å². The van der Waals surface area contributed by atoms with Crippen molar-refractivity contribution in [3.05, 3.63) is 39.9 Å². The molecule has 2 aromatic rings. The first-order valence-corrected chi connectivity index (χ1v) is 13.7. The molecule has 2 aliphatic rings. The lowest BCUT2D eigenvalue weighted by atomic mass is 9.89. The summed E-state index contributed by atoms with van der Waals surface area (Å²) >= 11 is 10.2. The third-order valence-corrected chi connectivity index (χ3v) is 8.87. The Bertz CT molecular complexity index is 1350. The molecule has 0 aliphatic carbocycles. The van der Waals surface area contributed by atoms with Crippen molar-refractivity contribution in [3.63, 3.8) is 0 Å². The number of likely N-dealkylation sites (tertiary alicyclic amines) is 1. The van der Waals surface area contributed by atoms with Gasteiger partial charge in [0, 0.05) is 25.8 Å². The quantitative estimate of drug-likeness (QED) is 0.273. The van der Waals surface area contributed by atoms with E-state index >= 15 is 0 Å². The monoisotopic (exact) mass is 627 g/mol. The number of benzene rings is 1. The van der Waals surface area contributed by atoms with Crippen molar-refractivity contribution in [2.45, 2.75) is 42.4 Å². The third-order valence-electron chi connectivity index (χ3n) is 6.66. The van der Waals surface area contributed by atoms with Crippen LogP contribution in [0.5, 0.6) is 5.75 Å². The van der Waals surface area contributed by atoms with Gasteiger partial charge >= 0.3 is 18.0 Å². The molecule has 1 fully saturated rings. The summed E-state index contributed by atoms with van der Waals surface area (Å²) in [6.45, 7) is 0.550. The zero-order chi connectivity index (χ0) is 29.6. The number of piperidine rings is 1. The van der Waals surface area contributed by atoms with E-state index in [1.165, 1.54) is 23.7 Å². The number of carbonyl (C=O) groups excluding carboxylic acids is 3. The molecule has 17 heteroatoms. The van der Waals surface area contributed by atoms with Gasteiger partial charge in [-0.1, -0.05) is 23.2 Å². The summed E-state index contributed by atoms with van der Waals surface area (Å²) < 4.78 is 75.3. The predicted molar refractivity (Wildman–Crippen MR) is 137 cm³/mol. The fourth-order valence-electron chi connectivity index (χ4n) is 4.27. The number of hydrogen-bond acceptors (Lipinski definition) is 6. The minimum absolute atomic E-state index is 0.0161. The summed E-state index contributed by atoms with van der Waals surface area (Å²) in [4.78, 5) is 38.8. The minimum atomic E-state index is -4.70. The van der Waals surface area contributed by atoms with Crippen LogP contribution in [0.3, 0.4) is 0 Å². The summed E-state index contributed by atoms with van der Waals surface area (Å²) in [5.41, 5.74) is -0.836. The standard InChI is InChI=1S/C23H23Cl2F4N5O5S/c1-11(23(27,28)29)30-20(36)21(37)34-7-5-22(6-8-34)10-39-16-15(33(2)18(25)17(16)40(38)32-22)19(35)31-12-3-4-14(26)13(24)9-12/h3-4,9,11,32H,5-8,10H2,1-2H3,(H,30,36)(H,31,35). The fourth-order valence-corrected chi connectivity index (χ4v) is 6.21. The second-order valence-corrected chi connectivity index (χ2v) is 11.3. The summed E-state index contributed by atoms with van der Waals surface area (Å²) in [6.07, 6.45) is -4.43. The van der Waals surface area contributed by atoms with Gasteiger partial charge in [0.25, 0.3) is 10.8 Å². The van der Waals surface area contributed by atoms with E-state index in [0.29, 0.717) is 0 Å². The van der Waals surface area contributed by atoms with Gasteiger partial charge < -0.3 is 29.4 Å². The van der Waals surface area contributed by atoms with Crippen LogP contribution < -0.4 is 20.1 Å². The fraction of sp³-hybridized carbons (Fsp3) is 0.435. The van der Waals surface area contributed by atoms with Crippen LogP contribution in [0.4, 0.5) is 23.2 Å². The summed E-state index contributed by atoms with van der Waals surface area (Å²) in [6, 6.07) is 1.39. The number of nitrogens with one attached hydrogen (secondary N) is 3. The van der Waals surface area contributed by atoms with Crippen LogP contribution in [0.2, 0.25) is 10.2 Å². The van der Waals surface area contributed by atoms with Crippen LogP contribution in [0, 0.1) is 5.82 Å². The maximum Gasteiger partial charge on any atom is 0.408 e. The topological polar surface area (TPSA) is 128 Å². The molecule has 3 heterocycles. The number of halogens is 6. The Kier molecular flexibility index (Phi) is 8.53. The first-order valence-electron chi connectivity index (χ1n) is 11.8. The molecular weight excluding hydrogens is 605 g/mol. The van der Waals surface area contributed by atoms with Gasteiger partial charge in [-0.05, 0) is 38.0 Å². The van der Waals surface area contributed by atoms with Crippen LogP contribution >= 0.6 is 23.2 Å². The van der Waals surface area contributed by atoms with Gasteiger partial charge in [-0.15, -0.1) is 4.72 Å². The highest BCUT2D eigenvalue weighted by Gasteiger charge is 2.48. The van der Waals surface area contributed by atoms with Crippen molar-refractivity contribution >= 4 is 58.0 Å². The van der Waals surface area contributed by atoms with Gasteiger partial charge in [0.1, 0.15) is 24.0 Å². The van der Waals surface area contributed by atoms with Gasteiger partial charge in [-0.3, -0.25) is 14.4 Å². The maximum absolute atomic E-state index is 13.5. The average Bonchev–Trinajstić information content (AvgIpc) is 3.05. The molecule has 10 nitrogen and oxygen atoms in total. The summed E-state index contributed by atoms with van der Waals surface area (Å²) in [7, 11) is 1.47. The molecular formula is C23H23Cl2F4N5O5S. The van der Waals surface area contributed by atoms with Crippen LogP contribution in [0.15, 0.2) is 23.1 Å². The number of amides is 3. The average molecular weight is 628 g/mol. The van der Waals surface area contributed by atoms with E-state index < -0.39 is 52.7 Å². The number of carbonyl (C=O) groups is 3. The van der Waals surface area contributed by atoms with Crippen LogP contribution in [-0.4, -0.2) is 69.2 Å². The molecule has 2 aliphatic heterocycles. The molecule has 1 aromatic carbocycles. The van der Waals surface area contributed by atoms with E-state index in [9.17, 15) is 36.5 Å².